The average molecular weight is 292 g/mol. The van der Waals surface area contributed by atoms with E-state index in [1.54, 1.807) is 0 Å². The molecule has 7 nitrogen and oxygen atoms in total. The number of carboxylic acids is 1. The quantitative estimate of drug-likeness (QED) is 0.898. The van der Waals surface area contributed by atoms with Gasteiger partial charge in [-0.2, -0.15) is 0 Å². The molecule has 114 valence electrons. The van der Waals surface area contributed by atoms with Crippen molar-refractivity contribution >= 4 is 11.9 Å². The molecule has 0 aromatic carbocycles. The van der Waals surface area contributed by atoms with Gasteiger partial charge in [0.15, 0.2) is 5.69 Å². The first-order valence-electron chi connectivity index (χ1n) is 7.50. The van der Waals surface area contributed by atoms with Crippen molar-refractivity contribution in [1.29, 1.82) is 0 Å². The zero-order chi connectivity index (χ0) is 15.0. The van der Waals surface area contributed by atoms with E-state index in [1.807, 2.05) is 4.90 Å². The highest BCUT2D eigenvalue weighted by molar-refractivity contribution is 5.87. The van der Waals surface area contributed by atoms with Crippen molar-refractivity contribution in [3.63, 3.8) is 0 Å². The molecule has 2 aliphatic rings. The Morgan fingerprint density at radius 1 is 1.24 bits per heavy atom. The van der Waals surface area contributed by atoms with E-state index < -0.39 is 5.97 Å². The van der Waals surface area contributed by atoms with Gasteiger partial charge in [0.2, 0.25) is 5.91 Å². The maximum atomic E-state index is 12.3. The molecular weight excluding hydrogens is 272 g/mol. The lowest BCUT2D eigenvalue weighted by atomic mass is 9.99. The second kappa shape index (κ2) is 5.46. The van der Waals surface area contributed by atoms with Crippen molar-refractivity contribution in [3.05, 3.63) is 11.4 Å². The minimum atomic E-state index is -1.07. The van der Waals surface area contributed by atoms with E-state index in [4.69, 9.17) is 5.11 Å². The second-order valence-electron chi connectivity index (χ2n) is 6.12. The van der Waals surface area contributed by atoms with Crippen LogP contribution in [0.15, 0.2) is 0 Å². The van der Waals surface area contributed by atoms with Crippen molar-refractivity contribution in [1.82, 2.24) is 19.9 Å². The molecular formula is C14H20N4O3. The van der Waals surface area contributed by atoms with Crippen LogP contribution < -0.4 is 0 Å². The van der Waals surface area contributed by atoms with Crippen LogP contribution in [0, 0.1) is 5.92 Å². The Morgan fingerprint density at radius 2 is 1.90 bits per heavy atom. The van der Waals surface area contributed by atoms with Crippen LogP contribution in [-0.4, -0.2) is 50.0 Å². The van der Waals surface area contributed by atoms with E-state index >= 15 is 0 Å². The Bertz CT molecular complexity index is 557. The van der Waals surface area contributed by atoms with E-state index in [-0.39, 0.29) is 24.1 Å². The molecule has 0 unspecified atom stereocenters. The molecule has 1 aromatic rings. The van der Waals surface area contributed by atoms with Gasteiger partial charge in [-0.05, 0) is 31.6 Å². The SMILES string of the molecule is CC1CCN(C(=O)Cn2nnc(C(=O)O)c2C2CC2)CC1. The molecule has 3 rings (SSSR count). The minimum Gasteiger partial charge on any atom is -0.476 e. The fraction of sp³-hybridized carbons (Fsp3) is 0.714. The number of carbonyl (C=O) groups is 2. The highest BCUT2D eigenvalue weighted by Crippen LogP contribution is 2.41. The number of amides is 1. The Kier molecular flexibility index (Phi) is 3.65. The molecule has 1 aliphatic carbocycles. The van der Waals surface area contributed by atoms with E-state index in [0.29, 0.717) is 11.6 Å². The summed E-state index contributed by atoms with van der Waals surface area (Å²) >= 11 is 0. The second-order valence-corrected chi connectivity index (χ2v) is 6.12. The number of rotatable bonds is 4. The zero-order valence-electron chi connectivity index (χ0n) is 12.2. The molecule has 0 spiro atoms. The fourth-order valence-electron chi connectivity index (χ4n) is 2.84. The number of likely N-dealkylation sites (tertiary alicyclic amines) is 1. The highest BCUT2D eigenvalue weighted by Gasteiger charge is 2.34. The molecule has 1 aromatic heterocycles. The van der Waals surface area contributed by atoms with Crippen LogP contribution in [0.3, 0.4) is 0 Å². The van der Waals surface area contributed by atoms with Gasteiger partial charge in [-0.25, -0.2) is 9.48 Å². The first-order valence-corrected chi connectivity index (χ1v) is 7.50. The number of aromatic carboxylic acids is 1. The number of hydrogen-bond donors (Lipinski definition) is 1. The minimum absolute atomic E-state index is 0.00225. The molecule has 1 saturated heterocycles. The van der Waals surface area contributed by atoms with Gasteiger partial charge in [0.05, 0.1) is 5.69 Å². The van der Waals surface area contributed by atoms with Gasteiger partial charge < -0.3 is 10.0 Å². The van der Waals surface area contributed by atoms with Gasteiger partial charge in [0.1, 0.15) is 6.54 Å². The van der Waals surface area contributed by atoms with Gasteiger partial charge in [0, 0.05) is 19.0 Å². The van der Waals surface area contributed by atoms with Gasteiger partial charge in [-0.1, -0.05) is 12.1 Å². The van der Waals surface area contributed by atoms with Crippen molar-refractivity contribution < 1.29 is 14.7 Å². The fourth-order valence-corrected chi connectivity index (χ4v) is 2.84. The third-order valence-corrected chi connectivity index (χ3v) is 4.36. The van der Waals surface area contributed by atoms with Crippen molar-refractivity contribution in [2.75, 3.05) is 13.1 Å². The number of carbonyl (C=O) groups excluding carboxylic acids is 1. The van der Waals surface area contributed by atoms with E-state index in [2.05, 4.69) is 17.2 Å². The molecule has 1 aliphatic heterocycles. The van der Waals surface area contributed by atoms with Crippen LogP contribution in [0.2, 0.25) is 0 Å². The zero-order valence-corrected chi connectivity index (χ0v) is 12.2. The Labute approximate surface area is 122 Å². The maximum Gasteiger partial charge on any atom is 0.358 e. The molecule has 2 heterocycles. The Balaban J connectivity index is 1.72. The summed E-state index contributed by atoms with van der Waals surface area (Å²) in [6.07, 6.45) is 3.95. The summed E-state index contributed by atoms with van der Waals surface area (Å²) < 4.78 is 1.49. The summed E-state index contributed by atoms with van der Waals surface area (Å²) in [5.41, 5.74) is 0.610. The molecule has 0 radical (unpaired) electrons. The van der Waals surface area contributed by atoms with E-state index in [1.165, 1.54) is 4.68 Å². The lowest BCUT2D eigenvalue weighted by Crippen LogP contribution is -2.40. The van der Waals surface area contributed by atoms with Crippen LogP contribution >= 0.6 is 0 Å². The third kappa shape index (κ3) is 2.91. The van der Waals surface area contributed by atoms with Crippen molar-refractivity contribution in [2.45, 2.75) is 45.1 Å². The summed E-state index contributed by atoms with van der Waals surface area (Å²) in [5, 5.41) is 16.8. The van der Waals surface area contributed by atoms with Crippen LogP contribution in [0.1, 0.15) is 54.7 Å². The molecule has 2 fully saturated rings. The summed E-state index contributed by atoms with van der Waals surface area (Å²) in [6, 6.07) is 0. The molecule has 7 heteroatoms. The molecule has 0 bridgehead atoms. The first-order chi connectivity index (χ1) is 10.1. The number of aromatic nitrogens is 3. The molecule has 21 heavy (non-hydrogen) atoms. The molecule has 1 saturated carbocycles. The third-order valence-electron chi connectivity index (χ3n) is 4.36. The van der Waals surface area contributed by atoms with E-state index in [9.17, 15) is 9.59 Å². The maximum absolute atomic E-state index is 12.3. The van der Waals surface area contributed by atoms with Gasteiger partial charge in [-0.3, -0.25) is 4.79 Å². The topological polar surface area (TPSA) is 88.3 Å². The molecule has 1 amide bonds. The lowest BCUT2D eigenvalue weighted by molar-refractivity contribution is -0.133. The molecule has 0 atom stereocenters. The first kappa shape index (κ1) is 14.0. The predicted molar refractivity (Wildman–Crippen MR) is 73.9 cm³/mol. The van der Waals surface area contributed by atoms with Crippen molar-refractivity contribution in [3.8, 4) is 0 Å². The van der Waals surface area contributed by atoms with E-state index in [0.717, 1.165) is 38.8 Å². The summed E-state index contributed by atoms with van der Waals surface area (Å²) in [5.74, 6) is -0.200. The van der Waals surface area contributed by atoms with Crippen LogP contribution in [0.5, 0.6) is 0 Å². The predicted octanol–water partition coefficient (Wildman–Crippen LogP) is 1.11. The lowest BCUT2D eigenvalue weighted by Gasteiger charge is -2.30. The van der Waals surface area contributed by atoms with Crippen molar-refractivity contribution in [2.24, 2.45) is 5.92 Å². The Hall–Kier alpha value is -1.92. The van der Waals surface area contributed by atoms with Crippen LogP contribution in [0.25, 0.3) is 0 Å². The number of piperidine rings is 1. The van der Waals surface area contributed by atoms with Gasteiger partial charge in [0.25, 0.3) is 0 Å². The number of carboxylic acid groups (broad SMARTS) is 1. The van der Waals surface area contributed by atoms with Gasteiger partial charge >= 0.3 is 5.97 Å². The summed E-state index contributed by atoms with van der Waals surface area (Å²) in [7, 11) is 0. The molecule has 1 N–H and O–H groups in total. The van der Waals surface area contributed by atoms with Crippen LogP contribution in [-0.2, 0) is 11.3 Å². The largest absolute Gasteiger partial charge is 0.476 e. The summed E-state index contributed by atoms with van der Waals surface area (Å²) in [4.78, 5) is 25.4. The number of nitrogens with zero attached hydrogens (tertiary/aromatic N) is 4. The average Bonchev–Trinajstić information content (AvgIpc) is 3.20. The Morgan fingerprint density at radius 3 is 2.48 bits per heavy atom. The highest BCUT2D eigenvalue weighted by atomic mass is 16.4. The summed E-state index contributed by atoms with van der Waals surface area (Å²) in [6.45, 7) is 3.85. The smallest absolute Gasteiger partial charge is 0.358 e. The normalized spacial score (nSPS) is 19.8. The van der Waals surface area contributed by atoms with Gasteiger partial charge in [-0.15, -0.1) is 5.10 Å². The standard InChI is InChI=1S/C14H20N4O3/c1-9-4-6-17(7-5-9)11(19)8-18-13(10-2-3-10)12(14(20)21)15-16-18/h9-10H,2-8H2,1H3,(H,20,21). The number of hydrogen-bond acceptors (Lipinski definition) is 4. The van der Waals surface area contributed by atoms with Crippen LogP contribution in [0.4, 0.5) is 0 Å². The monoisotopic (exact) mass is 292 g/mol.